The lowest BCUT2D eigenvalue weighted by Crippen LogP contribution is -2.10. The summed E-state index contributed by atoms with van der Waals surface area (Å²) in [4.78, 5) is 0.301. The quantitative estimate of drug-likeness (QED) is 0.850. The topological polar surface area (TPSA) is 43.8 Å². The molecule has 1 aromatic heterocycles. The Morgan fingerprint density at radius 1 is 1.35 bits per heavy atom. The first-order valence-electron chi connectivity index (χ1n) is 5.12. The van der Waals surface area contributed by atoms with Crippen LogP contribution in [0.1, 0.15) is 17.0 Å². The maximum Gasteiger partial charge on any atom is 0.105 e. The van der Waals surface area contributed by atoms with Crippen molar-refractivity contribution >= 4 is 28.8 Å². The van der Waals surface area contributed by atoms with Crippen LogP contribution in [-0.2, 0) is 0 Å². The van der Waals surface area contributed by atoms with E-state index in [9.17, 15) is 0 Å². The first-order chi connectivity index (χ1) is 7.99. The summed E-state index contributed by atoms with van der Waals surface area (Å²) >= 11 is 11.0. The molecule has 0 amide bonds. The van der Waals surface area contributed by atoms with Gasteiger partial charge in [0, 0.05) is 11.3 Å². The van der Waals surface area contributed by atoms with Crippen molar-refractivity contribution in [3.63, 3.8) is 0 Å². The lowest BCUT2D eigenvalue weighted by molar-refractivity contribution is 0.833. The zero-order valence-electron chi connectivity index (χ0n) is 9.57. The van der Waals surface area contributed by atoms with Crippen molar-refractivity contribution in [1.82, 2.24) is 9.78 Å². The smallest absolute Gasteiger partial charge is 0.105 e. The molecule has 88 valence electrons. The van der Waals surface area contributed by atoms with E-state index in [0.29, 0.717) is 15.6 Å². The molecule has 0 saturated carbocycles. The van der Waals surface area contributed by atoms with Crippen molar-refractivity contribution in [3.8, 4) is 5.69 Å². The van der Waals surface area contributed by atoms with Crippen LogP contribution in [0.3, 0.4) is 0 Å². The molecule has 0 aliphatic heterocycles. The van der Waals surface area contributed by atoms with E-state index < -0.39 is 0 Å². The van der Waals surface area contributed by atoms with Gasteiger partial charge in [-0.15, -0.1) is 0 Å². The lowest BCUT2D eigenvalue weighted by atomic mass is 10.2. The Kier molecular flexibility index (Phi) is 3.17. The molecule has 0 aliphatic carbocycles. The van der Waals surface area contributed by atoms with Gasteiger partial charge in [-0.2, -0.15) is 5.10 Å². The van der Waals surface area contributed by atoms with Crippen LogP contribution in [0.25, 0.3) is 5.69 Å². The van der Waals surface area contributed by atoms with Gasteiger partial charge in [-0.05, 0) is 38.1 Å². The highest BCUT2D eigenvalue weighted by molar-refractivity contribution is 7.80. The summed E-state index contributed by atoms with van der Waals surface area (Å²) < 4.78 is 1.84. The van der Waals surface area contributed by atoms with Crippen LogP contribution in [0.4, 0.5) is 0 Å². The van der Waals surface area contributed by atoms with Crippen molar-refractivity contribution in [2.75, 3.05) is 0 Å². The summed E-state index contributed by atoms with van der Waals surface area (Å²) in [6.45, 7) is 3.95. The number of nitrogens with zero attached hydrogens (tertiary/aromatic N) is 2. The average Bonchev–Trinajstić information content (AvgIpc) is 2.57. The molecule has 3 nitrogen and oxygen atoms in total. The number of halogens is 1. The third kappa shape index (κ3) is 2.33. The Hall–Kier alpha value is -1.39. The number of benzene rings is 1. The van der Waals surface area contributed by atoms with E-state index in [4.69, 9.17) is 29.6 Å². The molecule has 2 aromatic rings. The summed E-state index contributed by atoms with van der Waals surface area (Å²) in [5, 5.41) is 4.93. The van der Waals surface area contributed by atoms with Gasteiger partial charge >= 0.3 is 0 Å². The third-order valence-electron chi connectivity index (χ3n) is 2.47. The van der Waals surface area contributed by atoms with E-state index in [1.54, 1.807) is 0 Å². The molecule has 0 fully saturated rings. The van der Waals surface area contributed by atoms with Gasteiger partial charge in [0.2, 0.25) is 0 Å². The number of hydrogen-bond donors (Lipinski definition) is 1. The minimum atomic E-state index is 0.301. The molecule has 0 spiro atoms. The molecule has 2 N–H and O–H groups in total. The van der Waals surface area contributed by atoms with Gasteiger partial charge < -0.3 is 5.73 Å². The standard InChI is InChI=1S/C12H12ClN3S/c1-7-5-8(2)16(15-7)9-3-4-10(12(14)17)11(13)6-9/h3-6H,1-2H3,(H2,14,17). The SMILES string of the molecule is Cc1cc(C)n(-c2ccc(C(N)=S)c(Cl)c2)n1. The number of thiocarbonyl (C=S) groups is 1. The molecule has 0 aliphatic rings. The second-order valence-corrected chi connectivity index (χ2v) is 4.71. The van der Waals surface area contributed by atoms with Gasteiger partial charge in [0.25, 0.3) is 0 Å². The number of nitrogens with two attached hydrogens (primary N) is 1. The minimum absolute atomic E-state index is 0.301. The first kappa shape index (κ1) is 12.1. The molecule has 5 heteroatoms. The maximum atomic E-state index is 6.12. The van der Waals surface area contributed by atoms with Gasteiger partial charge in [0.1, 0.15) is 4.99 Å². The fraction of sp³-hybridized carbons (Fsp3) is 0.167. The van der Waals surface area contributed by atoms with Crippen molar-refractivity contribution in [1.29, 1.82) is 0 Å². The largest absolute Gasteiger partial charge is 0.389 e. The molecule has 0 atom stereocenters. The van der Waals surface area contributed by atoms with Gasteiger partial charge in [-0.1, -0.05) is 23.8 Å². The molecule has 0 bridgehead atoms. The first-order valence-corrected chi connectivity index (χ1v) is 5.90. The van der Waals surface area contributed by atoms with Gasteiger partial charge in [0.05, 0.1) is 16.4 Å². The highest BCUT2D eigenvalue weighted by atomic mass is 35.5. The number of aryl methyl sites for hydroxylation is 2. The number of hydrogen-bond acceptors (Lipinski definition) is 2. The Morgan fingerprint density at radius 2 is 2.06 bits per heavy atom. The average molecular weight is 266 g/mol. The predicted octanol–water partition coefficient (Wildman–Crippen LogP) is 2.78. The lowest BCUT2D eigenvalue weighted by Gasteiger charge is -2.07. The zero-order chi connectivity index (χ0) is 12.6. The fourth-order valence-electron chi connectivity index (χ4n) is 1.73. The second kappa shape index (κ2) is 4.47. The summed E-state index contributed by atoms with van der Waals surface area (Å²) in [5.74, 6) is 0. The molecule has 0 saturated heterocycles. The van der Waals surface area contributed by atoms with Crippen LogP contribution in [0.2, 0.25) is 5.02 Å². The Bertz CT molecular complexity index is 589. The normalized spacial score (nSPS) is 10.5. The Balaban J connectivity index is 2.51. The summed E-state index contributed by atoms with van der Waals surface area (Å²) in [6, 6.07) is 7.54. The van der Waals surface area contributed by atoms with Crippen LogP contribution < -0.4 is 5.73 Å². The highest BCUT2D eigenvalue weighted by Gasteiger charge is 2.08. The van der Waals surface area contributed by atoms with Crippen LogP contribution in [-0.4, -0.2) is 14.8 Å². The van der Waals surface area contributed by atoms with E-state index in [0.717, 1.165) is 17.1 Å². The molecule has 1 aromatic carbocycles. The van der Waals surface area contributed by atoms with E-state index in [1.807, 2.05) is 42.8 Å². The van der Waals surface area contributed by atoms with E-state index >= 15 is 0 Å². The molecule has 0 radical (unpaired) electrons. The number of aromatic nitrogens is 2. The summed E-state index contributed by atoms with van der Waals surface area (Å²) in [7, 11) is 0. The minimum Gasteiger partial charge on any atom is -0.389 e. The van der Waals surface area contributed by atoms with Crippen molar-refractivity contribution in [2.45, 2.75) is 13.8 Å². The van der Waals surface area contributed by atoms with E-state index in [-0.39, 0.29) is 0 Å². The second-order valence-electron chi connectivity index (χ2n) is 3.87. The van der Waals surface area contributed by atoms with Crippen molar-refractivity contribution in [2.24, 2.45) is 5.73 Å². The molecule has 0 unspecified atom stereocenters. The highest BCUT2D eigenvalue weighted by Crippen LogP contribution is 2.21. The zero-order valence-corrected chi connectivity index (χ0v) is 11.1. The van der Waals surface area contributed by atoms with E-state index in [1.165, 1.54) is 0 Å². The molecule has 17 heavy (non-hydrogen) atoms. The van der Waals surface area contributed by atoms with Crippen LogP contribution >= 0.6 is 23.8 Å². The predicted molar refractivity (Wildman–Crippen MR) is 73.9 cm³/mol. The number of rotatable bonds is 2. The Labute approximate surface area is 110 Å². The fourth-order valence-corrected chi connectivity index (χ4v) is 2.24. The summed E-state index contributed by atoms with van der Waals surface area (Å²) in [5.41, 5.74) is 9.18. The molecular weight excluding hydrogens is 254 g/mol. The van der Waals surface area contributed by atoms with E-state index in [2.05, 4.69) is 5.10 Å². The van der Waals surface area contributed by atoms with Crippen molar-refractivity contribution in [3.05, 3.63) is 46.2 Å². The van der Waals surface area contributed by atoms with Crippen LogP contribution in [0.15, 0.2) is 24.3 Å². The molecule has 2 rings (SSSR count). The Morgan fingerprint density at radius 3 is 2.53 bits per heavy atom. The van der Waals surface area contributed by atoms with Gasteiger partial charge in [0.15, 0.2) is 0 Å². The summed E-state index contributed by atoms with van der Waals surface area (Å²) in [6.07, 6.45) is 0. The van der Waals surface area contributed by atoms with Crippen LogP contribution in [0.5, 0.6) is 0 Å². The van der Waals surface area contributed by atoms with Gasteiger partial charge in [-0.3, -0.25) is 0 Å². The maximum absolute atomic E-state index is 6.12. The van der Waals surface area contributed by atoms with Gasteiger partial charge in [-0.25, -0.2) is 4.68 Å². The monoisotopic (exact) mass is 265 g/mol. The molecule has 1 heterocycles. The van der Waals surface area contributed by atoms with Crippen LogP contribution in [0, 0.1) is 13.8 Å². The van der Waals surface area contributed by atoms with Crippen molar-refractivity contribution < 1.29 is 0 Å². The molecular formula is C12H12ClN3S. The third-order valence-corrected chi connectivity index (χ3v) is 3.00.